The largest absolute Gasteiger partial charge is 0.494 e. The van der Waals surface area contributed by atoms with Gasteiger partial charge in [-0.1, -0.05) is 0 Å². The maximum atomic E-state index is 5.79. The molecule has 0 saturated carbocycles. The number of nitrogens with zero attached hydrogens (tertiary/aromatic N) is 1. The lowest BCUT2D eigenvalue weighted by atomic mass is 10.2. The molecule has 1 atom stereocenters. The minimum Gasteiger partial charge on any atom is -0.494 e. The van der Waals surface area contributed by atoms with Gasteiger partial charge in [-0.3, -0.25) is 0 Å². The van der Waals surface area contributed by atoms with Crippen molar-refractivity contribution >= 4 is 11.3 Å². The van der Waals surface area contributed by atoms with E-state index < -0.39 is 0 Å². The number of thiazole rings is 1. The van der Waals surface area contributed by atoms with Crippen LogP contribution in [0.4, 0.5) is 0 Å². The third-order valence-electron chi connectivity index (χ3n) is 2.40. The van der Waals surface area contributed by atoms with Gasteiger partial charge in [0.25, 0.3) is 0 Å². The second-order valence-corrected chi connectivity index (χ2v) is 4.68. The maximum absolute atomic E-state index is 5.79. The summed E-state index contributed by atoms with van der Waals surface area (Å²) in [5.74, 6) is 0.889. The Morgan fingerprint density at radius 2 is 2.06 bits per heavy atom. The van der Waals surface area contributed by atoms with Gasteiger partial charge in [0.15, 0.2) is 0 Å². The van der Waals surface area contributed by atoms with Crippen LogP contribution in [0.5, 0.6) is 5.75 Å². The first kappa shape index (κ1) is 12.1. The average Bonchev–Trinajstić information content (AvgIpc) is 2.80. The fourth-order valence-electron chi connectivity index (χ4n) is 1.49. The molecule has 4 heteroatoms. The van der Waals surface area contributed by atoms with Gasteiger partial charge >= 0.3 is 0 Å². The zero-order valence-corrected chi connectivity index (χ0v) is 10.8. The van der Waals surface area contributed by atoms with Gasteiger partial charge in [-0.25, -0.2) is 4.98 Å². The van der Waals surface area contributed by atoms with Crippen LogP contribution in [0.15, 0.2) is 29.6 Å². The van der Waals surface area contributed by atoms with Gasteiger partial charge in [-0.05, 0) is 38.1 Å². The van der Waals surface area contributed by atoms with Crippen LogP contribution in [0.2, 0.25) is 0 Å². The van der Waals surface area contributed by atoms with Crippen molar-refractivity contribution < 1.29 is 4.74 Å². The van der Waals surface area contributed by atoms with Gasteiger partial charge in [-0.15, -0.1) is 11.3 Å². The van der Waals surface area contributed by atoms with Crippen molar-refractivity contribution in [2.45, 2.75) is 19.9 Å². The lowest BCUT2D eigenvalue weighted by Crippen LogP contribution is -2.04. The van der Waals surface area contributed by atoms with Crippen molar-refractivity contribution in [1.29, 1.82) is 0 Å². The minimum atomic E-state index is -0.0114. The molecule has 2 rings (SSSR count). The standard InChI is InChI=1S/C13H16N2OS/c1-3-16-11-6-4-10(5-7-11)13-15-12(8-17-13)9(2)14/h4-9H,3,14H2,1-2H3. The third-order valence-corrected chi connectivity index (χ3v) is 3.31. The zero-order chi connectivity index (χ0) is 12.3. The first-order chi connectivity index (χ1) is 8.20. The number of aromatic nitrogens is 1. The maximum Gasteiger partial charge on any atom is 0.123 e. The Bertz CT molecular complexity index is 476. The van der Waals surface area contributed by atoms with E-state index in [9.17, 15) is 0 Å². The molecule has 0 spiro atoms. The molecule has 17 heavy (non-hydrogen) atoms. The average molecular weight is 248 g/mol. The van der Waals surface area contributed by atoms with Gasteiger partial charge in [0.05, 0.1) is 12.3 Å². The van der Waals surface area contributed by atoms with Crippen LogP contribution in [-0.2, 0) is 0 Å². The van der Waals surface area contributed by atoms with Gasteiger partial charge in [0.2, 0.25) is 0 Å². The van der Waals surface area contributed by atoms with Crippen molar-refractivity contribution in [2.24, 2.45) is 5.73 Å². The summed E-state index contributed by atoms with van der Waals surface area (Å²) in [6.45, 7) is 4.60. The summed E-state index contributed by atoms with van der Waals surface area (Å²) in [7, 11) is 0. The number of benzene rings is 1. The SMILES string of the molecule is CCOc1ccc(-c2nc(C(C)N)cs2)cc1. The zero-order valence-electron chi connectivity index (χ0n) is 10.0. The summed E-state index contributed by atoms with van der Waals surface area (Å²) < 4.78 is 5.40. The molecular weight excluding hydrogens is 232 g/mol. The van der Waals surface area contributed by atoms with E-state index in [0.717, 1.165) is 22.0 Å². The topological polar surface area (TPSA) is 48.1 Å². The van der Waals surface area contributed by atoms with E-state index in [1.54, 1.807) is 11.3 Å². The fraction of sp³-hybridized carbons (Fsp3) is 0.308. The van der Waals surface area contributed by atoms with Crippen molar-refractivity contribution in [3.8, 4) is 16.3 Å². The second-order valence-electron chi connectivity index (χ2n) is 3.82. The van der Waals surface area contributed by atoms with Crippen LogP contribution < -0.4 is 10.5 Å². The summed E-state index contributed by atoms with van der Waals surface area (Å²) in [6.07, 6.45) is 0. The Labute approximate surface area is 105 Å². The van der Waals surface area contributed by atoms with Crippen molar-refractivity contribution in [1.82, 2.24) is 4.98 Å². The normalized spacial score (nSPS) is 12.4. The fourth-order valence-corrected chi connectivity index (χ4v) is 2.42. The summed E-state index contributed by atoms with van der Waals surface area (Å²) in [5.41, 5.74) is 7.84. The molecule has 0 aliphatic rings. The molecule has 1 unspecified atom stereocenters. The predicted octanol–water partition coefficient (Wildman–Crippen LogP) is 3.23. The number of hydrogen-bond acceptors (Lipinski definition) is 4. The van der Waals surface area contributed by atoms with Crippen LogP contribution >= 0.6 is 11.3 Å². The molecule has 90 valence electrons. The van der Waals surface area contributed by atoms with Gasteiger partial charge < -0.3 is 10.5 Å². The molecule has 0 bridgehead atoms. The van der Waals surface area contributed by atoms with Crippen LogP contribution in [-0.4, -0.2) is 11.6 Å². The first-order valence-corrected chi connectivity index (χ1v) is 6.53. The highest BCUT2D eigenvalue weighted by atomic mass is 32.1. The molecule has 2 N–H and O–H groups in total. The number of nitrogens with two attached hydrogens (primary N) is 1. The molecule has 3 nitrogen and oxygen atoms in total. The molecule has 1 aromatic carbocycles. The highest BCUT2D eigenvalue weighted by molar-refractivity contribution is 7.13. The lowest BCUT2D eigenvalue weighted by Gasteiger charge is -2.03. The molecule has 0 aliphatic heterocycles. The van der Waals surface area contributed by atoms with E-state index in [0.29, 0.717) is 6.61 Å². The monoisotopic (exact) mass is 248 g/mol. The van der Waals surface area contributed by atoms with Crippen LogP contribution in [0.3, 0.4) is 0 Å². The number of rotatable bonds is 4. The van der Waals surface area contributed by atoms with Crippen LogP contribution in [0, 0.1) is 0 Å². The Kier molecular flexibility index (Phi) is 3.76. The first-order valence-electron chi connectivity index (χ1n) is 5.65. The molecule has 0 fully saturated rings. The van der Waals surface area contributed by atoms with E-state index >= 15 is 0 Å². The van der Waals surface area contributed by atoms with Crippen LogP contribution in [0.1, 0.15) is 25.6 Å². The second kappa shape index (κ2) is 5.29. The lowest BCUT2D eigenvalue weighted by molar-refractivity contribution is 0.340. The van der Waals surface area contributed by atoms with E-state index in [1.165, 1.54) is 0 Å². The van der Waals surface area contributed by atoms with Crippen molar-refractivity contribution in [3.05, 3.63) is 35.3 Å². The van der Waals surface area contributed by atoms with E-state index in [-0.39, 0.29) is 6.04 Å². The van der Waals surface area contributed by atoms with E-state index in [4.69, 9.17) is 10.5 Å². The van der Waals surface area contributed by atoms with E-state index in [1.807, 2.05) is 43.5 Å². The molecule has 1 aromatic heterocycles. The molecule has 0 amide bonds. The third kappa shape index (κ3) is 2.84. The van der Waals surface area contributed by atoms with Crippen molar-refractivity contribution in [2.75, 3.05) is 6.61 Å². The highest BCUT2D eigenvalue weighted by Crippen LogP contribution is 2.27. The quantitative estimate of drug-likeness (QED) is 0.903. The smallest absolute Gasteiger partial charge is 0.123 e. The molecule has 2 aromatic rings. The highest BCUT2D eigenvalue weighted by Gasteiger charge is 2.07. The van der Waals surface area contributed by atoms with Gasteiger partial charge in [0.1, 0.15) is 10.8 Å². The Morgan fingerprint density at radius 1 is 1.35 bits per heavy atom. The van der Waals surface area contributed by atoms with Crippen LogP contribution in [0.25, 0.3) is 10.6 Å². The summed E-state index contributed by atoms with van der Waals surface area (Å²) in [5, 5.41) is 3.01. The molecular formula is C13H16N2OS. The molecule has 0 saturated heterocycles. The number of ether oxygens (including phenoxy) is 1. The van der Waals surface area contributed by atoms with E-state index in [2.05, 4.69) is 4.98 Å². The Hall–Kier alpha value is -1.39. The molecule has 1 heterocycles. The number of hydrogen-bond donors (Lipinski definition) is 1. The molecule has 0 radical (unpaired) electrons. The minimum absolute atomic E-state index is 0.0114. The summed E-state index contributed by atoms with van der Waals surface area (Å²) >= 11 is 1.62. The summed E-state index contributed by atoms with van der Waals surface area (Å²) in [6, 6.07) is 7.96. The Balaban J connectivity index is 2.21. The molecule has 0 aliphatic carbocycles. The van der Waals surface area contributed by atoms with Crippen molar-refractivity contribution in [3.63, 3.8) is 0 Å². The predicted molar refractivity (Wildman–Crippen MR) is 71.3 cm³/mol. The van der Waals surface area contributed by atoms with Gasteiger partial charge in [0, 0.05) is 17.0 Å². The Morgan fingerprint density at radius 3 is 2.59 bits per heavy atom. The summed E-state index contributed by atoms with van der Waals surface area (Å²) in [4.78, 5) is 4.51. The van der Waals surface area contributed by atoms with Gasteiger partial charge in [-0.2, -0.15) is 0 Å².